The molecular weight excluding hydrogens is 291 g/mol. The third-order valence-corrected chi connectivity index (χ3v) is 0.500. The molecule has 0 bridgehead atoms. The summed E-state index contributed by atoms with van der Waals surface area (Å²) in [5, 5.41) is 0. The van der Waals surface area contributed by atoms with E-state index in [0.29, 0.717) is 0 Å². The lowest BCUT2D eigenvalue weighted by Gasteiger charge is -1.68. The zero-order chi connectivity index (χ0) is 7.91. The largest absolute Gasteiger partial charge is 0.269 e. The molecule has 0 unspecified atom stereocenters. The van der Waals surface area contributed by atoms with Gasteiger partial charge in [0.05, 0.1) is 29.6 Å². The molecule has 0 aromatic heterocycles. The van der Waals surface area contributed by atoms with Crippen LogP contribution >= 0.6 is 29.6 Å². The van der Waals surface area contributed by atoms with E-state index in [9.17, 15) is 8.42 Å². The van der Waals surface area contributed by atoms with E-state index >= 15 is 0 Å². The van der Waals surface area contributed by atoms with Gasteiger partial charge in [-0.2, -0.15) is 0 Å². The molecule has 0 rings (SSSR count). The molecule has 6 heteroatoms. The van der Waals surface area contributed by atoms with E-state index in [1.165, 1.54) is 12.8 Å². The molecule has 0 radical (unpaired) electrons. The first kappa shape index (κ1) is 17.1. The van der Waals surface area contributed by atoms with E-state index in [1.54, 1.807) is 0 Å². The van der Waals surface area contributed by atoms with Crippen molar-refractivity contribution >= 4 is 36.3 Å². The van der Waals surface area contributed by atoms with Crippen LogP contribution < -0.4 is 0 Å². The third-order valence-electron chi connectivity index (χ3n) is 0.500. The molecule has 0 fully saturated rings. The Labute approximate surface area is 76.1 Å². The van der Waals surface area contributed by atoms with Crippen LogP contribution in [0.3, 0.4) is 0 Å². The van der Waals surface area contributed by atoms with Gasteiger partial charge in [-0.05, 0) is 0 Å². The van der Waals surface area contributed by atoms with Gasteiger partial charge in [-0.15, -0.1) is 0 Å². The van der Waals surface area contributed by atoms with E-state index in [0.717, 1.165) is 0 Å². The van der Waals surface area contributed by atoms with Gasteiger partial charge in [-0.25, -0.2) is 8.42 Å². The Bertz CT molecular complexity index is 124. The van der Waals surface area contributed by atoms with Crippen molar-refractivity contribution in [3.63, 3.8) is 0 Å². The lowest BCUT2D eigenvalue weighted by atomic mass is 10.4. The molecule has 0 aliphatic heterocycles. The molecule has 0 heterocycles. The Morgan fingerprint density at radius 2 is 1.20 bits per heavy atom. The lowest BCUT2D eigenvalue weighted by molar-refractivity contribution is 0.625. The van der Waals surface area contributed by atoms with Crippen LogP contribution in [0, 0.1) is 0 Å². The predicted molar refractivity (Wildman–Crippen MR) is 49.9 cm³/mol. The summed E-state index contributed by atoms with van der Waals surface area (Å²) in [7, 11) is 0. The summed E-state index contributed by atoms with van der Waals surface area (Å²) < 4.78 is 18.9. The molecule has 0 amide bonds. The summed E-state index contributed by atoms with van der Waals surface area (Å²) in [6, 6.07) is 0. The summed E-state index contributed by atoms with van der Waals surface area (Å²) in [6.07, 6.45) is 2.64. The first-order valence-corrected chi connectivity index (χ1v) is 7.72. The molecule has 0 aromatic carbocycles. The van der Waals surface area contributed by atoms with Gasteiger partial charge in [-0.3, -0.25) is 4.70 Å². The fourth-order valence-corrected chi connectivity index (χ4v) is 0. The molecule has 0 aliphatic carbocycles. The molecule has 0 N–H and O–H groups in total. The van der Waals surface area contributed by atoms with Crippen molar-refractivity contribution in [1.82, 2.24) is 0 Å². The van der Waals surface area contributed by atoms with Crippen LogP contribution in [0.15, 0.2) is 0 Å². The molecule has 2 nitrogen and oxygen atoms in total. The van der Waals surface area contributed by atoms with Gasteiger partial charge in [0.2, 0.25) is 0 Å². The SMILES string of the molecule is CCCC.F.O=S(=O)(Br)Br. The lowest BCUT2D eigenvalue weighted by Crippen LogP contribution is -1.60. The van der Waals surface area contributed by atoms with Gasteiger partial charge in [0.15, 0.2) is 0 Å². The van der Waals surface area contributed by atoms with Crippen LogP contribution in [0.4, 0.5) is 4.70 Å². The fraction of sp³-hybridized carbons (Fsp3) is 1.00. The van der Waals surface area contributed by atoms with Gasteiger partial charge < -0.3 is 0 Å². The van der Waals surface area contributed by atoms with E-state index in [1.807, 2.05) is 0 Å². The monoisotopic (exact) mass is 300 g/mol. The maximum atomic E-state index is 9.47. The number of halogens is 3. The zero-order valence-corrected chi connectivity index (χ0v) is 9.79. The Kier molecular flexibility index (Phi) is 16.8. The Morgan fingerprint density at radius 1 is 1.10 bits per heavy atom. The number of hydrogen-bond donors (Lipinski definition) is 0. The third kappa shape index (κ3) is 160. The normalized spacial score (nSPS) is 8.80. The quantitative estimate of drug-likeness (QED) is 0.698. The maximum Gasteiger partial charge on any atom is 0.268 e. The van der Waals surface area contributed by atoms with Crippen LogP contribution in [-0.2, 0) is 6.70 Å². The summed E-state index contributed by atoms with van der Waals surface area (Å²) >= 11 is 4.53. The Hall–Kier alpha value is 0.840. The van der Waals surface area contributed by atoms with E-state index in [-0.39, 0.29) is 4.70 Å². The van der Waals surface area contributed by atoms with Crippen LogP contribution in [-0.4, -0.2) is 8.42 Å². The van der Waals surface area contributed by atoms with E-state index < -0.39 is 6.70 Å². The molecule has 0 saturated carbocycles. The zero-order valence-electron chi connectivity index (χ0n) is 5.80. The molecule has 0 aliphatic rings. The van der Waals surface area contributed by atoms with Crippen molar-refractivity contribution in [1.29, 1.82) is 0 Å². The van der Waals surface area contributed by atoms with Crippen LogP contribution in [0.25, 0.3) is 0 Å². The summed E-state index contributed by atoms with van der Waals surface area (Å²) in [4.78, 5) is 0. The van der Waals surface area contributed by atoms with Crippen molar-refractivity contribution in [3.8, 4) is 0 Å². The standard InChI is InChI=1S/C4H10.Br2O2S.FH/c1-3-4-2;1-5(2,3)4;/h3-4H2,1-2H3;;1H. The van der Waals surface area contributed by atoms with Gasteiger partial charge in [0.25, 0.3) is 6.70 Å². The first-order valence-electron chi connectivity index (χ1n) is 2.56. The van der Waals surface area contributed by atoms with Crippen LogP contribution in [0.5, 0.6) is 0 Å². The number of hydrogen-bond acceptors (Lipinski definition) is 2. The number of unbranched alkanes of at least 4 members (excludes halogenated alkanes) is 1. The highest BCUT2D eigenvalue weighted by atomic mass is 79.9. The second-order valence-corrected chi connectivity index (χ2v) is 9.86. The van der Waals surface area contributed by atoms with Crippen molar-refractivity contribution in [2.45, 2.75) is 26.7 Å². The second kappa shape index (κ2) is 9.84. The van der Waals surface area contributed by atoms with Crippen molar-refractivity contribution in [2.75, 3.05) is 0 Å². The highest BCUT2D eigenvalue weighted by Gasteiger charge is 1.87. The predicted octanol–water partition coefficient (Wildman–Crippen LogP) is 2.98. The van der Waals surface area contributed by atoms with Crippen molar-refractivity contribution < 1.29 is 13.1 Å². The van der Waals surface area contributed by atoms with Gasteiger partial charge in [-0.1, -0.05) is 26.7 Å². The number of rotatable bonds is 1. The molecule has 66 valence electrons. The molecule has 0 atom stereocenters. The highest BCUT2D eigenvalue weighted by molar-refractivity contribution is 9.79. The van der Waals surface area contributed by atoms with Gasteiger partial charge in [0, 0.05) is 0 Å². The minimum atomic E-state index is -3.04. The molecule has 0 saturated heterocycles. The molecule has 0 aromatic rings. The summed E-state index contributed by atoms with van der Waals surface area (Å²) in [6.45, 7) is 1.32. The molecule has 0 spiro atoms. The Morgan fingerprint density at radius 3 is 1.20 bits per heavy atom. The average Bonchev–Trinajstić information content (AvgIpc) is 1.61. The van der Waals surface area contributed by atoms with Crippen LogP contribution in [0.2, 0.25) is 0 Å². The van der Waals surface area contributed by atoms with E-state index in [4.69, 9.17) is 0 Å². The van der Waals surface area contributed by atoms with Crippen molar-refractivity contribution in [3.05, 3.63) is 0 Å². The topological polar surface area (TPSA) is 34.1 Å². The molecule has 10 heavy (non-hydrogen) atoms. The molecular formula is C4H11Br2FO2S. The maximum absolute atomic E-state index is 9.47. The minimum Gasteiger partial charge on any atom is -0.269 e. The highest BCUT2D eigenvalue weighted by Crippen LogP contribution is 2.06. The summed E-state index contributed by atoms with van der Waals surface area (Å²) in [5.41, 5.74) is 0. The average molecular weight is 302 g/mol. The smallest absolute Gasteiger partial charge is 0.268 e. The van der Waals surface area contributed by atoms with E-state index in [2.05, 4.69) is 43.5 Å². The van der Waals surface area contributed by atoms with Crippen LogP contribution in [0.1, 0.15) is 26.7 Å². The summed E-state index contributed by atoms with van der Waals surface area (Å²) in [5.74, 6) is 0. The second-order valence-electron chi connectivity index (χ2n) is 1.38. The Balaban J connectivity index is -0.0000000910. The van der Waals surface area contributed by atoms with Gasteiger partial charge >= 0.3 is 0 Å². The van der Waals surface area contributed by atoms with Gasteiger partial charge in [0.1, 0.15) is 0 Å². The fourth-order valence-electron chi connectivity index (χ4n) is 0. The first-order chi connectivity index (χ1) is 3.91. The minimum absolute atomic E-state index is 0. The van der Waals surface area contributed by atoms with Crippen molar-refractivity contribution in [2.24, 2.45) is 0 Å².